The van der Waals surface area contributed by atoms with Crippen LogP contribution in [0.25, 0.3) is 0 Å². The molecule has 5 heavy (non-hydrogen) atoms. The van der Waals surface area contributed by atoms with E-state index in [1.54, 1.807) is 0 Å². The number of hydrogen-bond donors (Lipinski definition) is 0. The van der Waals surface area contributed by atoms with Gasteiger partial charge in [0.05, 0.1) is 0 Å². The van der Waals surface area contributed by atoms with Crippen molar-refractivity contribution in [2.24, 2.45) is 0 Å². The van der Waals surface area contributed by atoms with Crippen molar-refractivity contribution in [2.45, 2.75) is 0 Å². The molecule has 0 aromatic rings. The first kappa shape index (κ1) is 20.9. The summed E-state index contributed by atoms with van der Waals surface area (Å²) < 4.78 is 0. The third-order valence-electron chi connectivity index (χ3n) is 0. The summed E-state index contributed by atoms with van der Waals surface area (Å²) in [6.45, 7) is 6.50. The molecular weight excluding hydrogens is 120 g/mol. The summed E-state index contributed by atoms with van der Waals surface area (Å²) in [7, 11) is 0. The van der Waals surface area contributed by atoms with Gasteiger partial charge >= 0.3 is 17.1 Å². The van der Waals surface area contributed by atoms with Crippen LogP contribution in [0.15, 0.2) is 0 Å². The second-order valence-corrected chi connectivity index (χ2v) is 0. The van der Waals surface area contributed by atoms with Crippen LogP contribution in [-0.4, -0.2) is 13.6 Å². The molecule has 0 saturated heterocycles. The van der Waals surface area contributed by atoms with Crippen LogP contribution in [0.5, 0.6) is 0 Å². The van der Waals surface area contributed by atoms with Gasteiger partial charge in [0.25, 0.3) is 0 Å². The Hall–Kier alpha value is -0.141. The van der Waals surface area contributed by atoms with Gasteiger partial charge in [-0.3, -0.25) is 13.6 Å². The Kier molecular flexibility index (Phi) is 6690. The summed E-state index contributed by atoms with van der Waals surface area (Å²) in [6, 6.07) is 0. The van der Waals surface area contributed by atoms with Gasteiger partial charge in [0.1, 0.15) is 0 Å². The van der Waals surface area contributed by atoms with Gasteiger partial charge in [-0.25, -0.2) is 0 Å². The quantitative estimate of drug-likeness (QED) is 0.245. The van der Waals surface area contributed by atoms with E-state index in [0.29, 0.717) is 0 Å². The van der Waals surface area contributed by atoms with E-state index >= 15 is 0 Å². The molecular formula is C2H2CuO2. The molecule has 0 atom stereocenters. The Morgan fingerprint density at radius 1 is 0.800 bits per heavy atom. The van der Waals surface area contributed by atoms with Crippen molar-refractivity contribution in [3.63, 3.8) is 0 Å². The van der Waals surface area contributed by atoms with Gasteiger partial charge in [0.2, 0.25) is 0 Å². The summed E-state index contributed by atoms with van der Waals surface area (Å²) in [5, 5.41) is 0. The zero-order valence-electron chi connectivity index (χ0n) is 2.27. The van der Waals surface area contributed by atoms with Crippen LogP contribution < -0.4 is 0 Å². The van der Waals surface area contributed by atoms with Crippen LogP contribution in [0.1, 0.15) is 0 Å². The van der Waals surface area contributed by atoms with Crippen LogP contribution in [0.3, 0.4) is 0 Å². The minimum absolute atomic E-state index is 0. The van der Waals surface area contributed by atoms with E-state index in [2.05, 4.69) is 13.6 Å². The Labute approximate surface area is 41.0 Å². The predicted molar refractivity (Wildman–Crippen MR) is 13.5 cm³/mol. The van der Waals surface area contributed by atoms with Crippen molar-refractivity contribution in [1.82, 2.24) is 0 Å². The van der Waals surface area contributed by atoms with E-state index in [9.17, 15) is 0 Å². The maximum Gasteiger partial charge on any atom is 2.00 e. The van der Waals surface area contributed by atoms with Gasteiger partial charge in [0, 0.05) is 0 Å². The zero-order chi connectivity index (χ0) is 4.00. The van der Waals surface area contributed by atoms with Gasteiger partial charge in [0.15, 0.2) is 0 Å². The third kappa shape index (κ3) is 676. The summed E-state index contributed by atoms with van der Waals surface area (Å²) in [5.74, 6) is 0. The van der Waals surface area contributed by atoms with Crippen LogP contribution in [0, 0.1) is 0 Å². The molecule has 3 heteroatoms. The first-order valence-corrected chi connectivity index (χ1v) is 0.471. The maximum absolute atomic E-state index is 7.75. The van der Waals surface area contributed by atoms with Crippen LogP contribution in [0.2, 0.25) is 0 Å². The molecule has 0 N–H and O–H groups in total. The number of hydrogen-bond acceptors (Lipinski definition) is 2. The predicted octanol–water partition coefficient (Wildman–Crippen LogP) is -0.551. The Bertz CT molecular complexity index is 9.61. The van der Waals surface area contributed by atoms with Gasteiger partial charge in [-0.2, -0.15) is 0 Å². The van der Waals surface area contributed by atoms with E-state index in [4.69, 9.17) is 9.59 Å². The monoisotopic (exact) mass is 121 g/mol. The Morgan fingerprint density at radius 2 is 0.800 bits per heavy atom. The molecule has 0 rings (SSSR count). The van der Waals surface area contributed by atoms with E-state index in [1.807, 2.05) is 0 Å². The van der Waals surface area contributed by atoms with Crippen LogP contribution >= 0.6 is 0 Å². The van der Waals surface area contributed by atoms with Gasteiger partial charge in [-0.15, -0.1) is 0 Å². The van der Waals surface area contributed by atoms with E-state index in [0.717, 1.165) is 0 Å². The summed E-state index contributed by atoms with van der Waals surface area (Å²) in [6.07, 6.45) is 0. The van der Waals surface area contributed by atoms with Crippen molar-refractivity contribution in [3.05, 3.63) is 0 Å². The third-order valence-corrected chi connectivity index (χ3v) is 0. The molecule has 0 heterocycles. The van der Waals surface area contributed by atoms with Crippen molar-refractivity contribution in [1.29, 1.82) is 0 Å². The van der Waals surface area contributed by atoms with Crippen molar-refractivity contribution < 1.29 is 26.7 Å². The van der Waals surface area contributed by atoms with Gasteiger partial charge in [-0.1, -0.05) is 0 Å². The fraction of sp³-hybridized carbons (Fsp3) is 0. The average molecular weight is 122 g/mol. The molecule has 0 unspecified atom stereocenters. The van der Waals surface area contributed by atoms with E-state index in [1.165, 1.54) is 0 Å². The van der Waals surface area contributed by atoms with E-state index < -0.39 is 0 Å². The Morgan fingerprint density at radius 3 is 0.800 bits per heavy atom. The first-order valence-electron chi connectivity index (χ1n) is 0.471. The minimum atomic E-state index is 0. The first-order chi connectivity index (χ1) is 2.00. The summed E-state index contributed by atoms with van der Waals surface area (Å²) in [5.41, 5.74) is 0. The van der Waals surface area contributed by atoms with Crippen LogP contribution in [0.4, 0.5) is 0 Å². The summed E-state index contributed by atoms with van der Waals surface area (Å²) >= 11 is 0. The Balaban J connectivity index is -0.0000000133. The molecule has 2 nitrogen and oxygen atoms in total. The van der Waals surface area contributed by atoms with Crippen LogP contribution in [-0.2, 0) is 26.7 Å². The minimum Gasteiger partial charge on any atom is -0.545 e. The molecule has 0 aliphatic carbocycles. The van der Waals surface area contributed by atoms with Gasteiger partial charge in [-0.05, 0) is 0 Å². The standard InChI is InChI=1S/2CHO.Cu/c2*1-2;/h2*1H;/q2*-1;+2. The second-order valence-electron chi connectivity index (χ2n) is 0. The number of carbonyl (C=O) groups excluding carboxylic acids is 2. The topological polar surface area (TPSA) is 34.1 Å². The van der Waals surface area contributed by atoms with Crippen molar-refractivity contribution in [2.75, 3.05) is 0 Å². The fourth-order valence-corrected chi connectivity index (χ4v) is 0. The molecule has 33 valence electrons. The SMILES string of the molecule is [CH-]=O.[CH-]=O.[Cu+2]. The molecule has 0 amide bonds. The number of rotatable bonds is 0. The molecule has 0 spiro atoms. The summed E-state index contributed by atoms with van der Waals surface area (Å²) in [4.78, 5) is 15.5. The zero-order valence-corrected chi connectivity index (χ0v) is 3.21. The van der Waals surface area contributed by atoms with E-state index in [-0.39, 0.29) is 17.1 Å². The smallest absolute Gasteiger partial charge is 0.545 e. The molecule has 0 bridgehead atoms. The molecule has 0 aromatic heterocycles. The maximum atomic E-state index is 7.75. The molecule has 0 saturated carbocycles. The molecule has 0 aliphatic rings. The normalized spacial score (nSPS) is 1.60. The van der Waals surface area contributed by atoms with Crippen molar-refractivity contribution in [3.8, 4) is 0 Å². The van der Waals surface area contributed by atoms with Gasteiger partial charge < -0.3 is 9.59 Å². The largest absolute Gasteiger partial charge is 2.00 e. The molecule has 1 radical (unpaired) electrons. The average Bonchev–Trinajstić information content (AvgIpc) is 1.50. The molecule has 0 aromatic carbocycles. The molecule has 0 aliphatic heterocycles. The fourth-order valence-electron chi connectivity index (χ4n) is 0. The van der Waals surface area contributed by atoms with Crippen molar-refractivity contribution >= 4 is 13.6 Å². The second kappa shape index (κ2) is 1600. The molecule has 0 fully saturated rings.